The molecule has 0 bridgehead atoms. The maximum atomic E-state index is 14.0. The van der Waals surface area contributed by atoms with Crippen molar-refractivity contribution in [1.29, 1.82) is 0 Å². The summed E-state index contributed by atoms with van der Waals surface area (Å²) in [7, 11) is 6.92. The van der Waals surface area contributed by atoms with Gasteiger partial charge in [-0.1, -0.05) is 12.1 Å². The Hall–Kier alpha value is -5.14. The second-order valence-corrected chi connectivity index (χ2v) is 12.6. The minimum atomic E-state index is -2.73. The Bertz CT molecular complexity index is 1750. The van der Waals surface area contributed by atoms with Crippen LogP contribution in [0.25, 0.3) is 5.76 Å². The van der Waals surface area contributed by atoms with Gasteiger partial charge in [-0.3, -0.25) is 24.1 Å². The van der Waals surface area contributed by atoms with Crippen LogP contribution in [0.4, 0.5) is 17.1 Å². The van der Waals surface area contributed by atoms with Gasteiger partial charge in [0, 0.05) is 43.5 Å². The number of aromatic hydroxyl groups is 1. The van der Waals surface area contributed by atoms with E-state index in [4.69, 9.17) is 5.73 Å². The molecule has 2 aromatic carbocycles. The van der Waals surface area contributed by atoms with Crippen molar-refractivity contribution < 1.29 is 39.6 Å². The average molecular weight is 646 g/mol. The Morgan fingerprint density at radius 1 is 1.04 bits per heavy atom. The van der Waals surface area contributed by atoms with Crippen LogP contribution in [-0.2, 0) is 25.6 Å². The van der Waals surface area contributed by atoms with Crippen molar-refractivity contribution in [3.05, 3.63) is 77.1 Å². The van der Waals surface area contributed by atoms with Gasteiger partial charge in [0.05, 0.1) is 23.8 Å². The Balaban J connectivity index is 1.48. The molecular formula is C34H39N5O8. The van der Waals surface area contributed by atoms with E-state index in [1.807, 2.05) is 43.3 Å². The molecule has 0 radical (unpaired) electrons. The lowest BCUT2D eigenvalue weighted by atomic mass is 9.57. The molecule has 0 heterocycles. The summed E-state index contributed by atoms with van der Waals surface area (Å²) in [6.45, 7) is 4.05. The molecule has 0 aromatic heterocycles. The number of hydrogen-bond donors (Lipinski definition) is 6. The predicted molar refractivity (Wildman–Crippen MR) is 176 cm³/mol. The summed E-state index contributed by atoms with van der Waals surface area (Å²) >= 11 is 0. The number of Topliss-reactive ketones (excluding diaryl/α,β-unsaturated/α-hetero) is 2. The second kappa shape index (κ2) is 12.2. The molecule has 2 unspecified atom stereocenters. The summed E-state index contributed by atoms with van der Waals surface area (Å²) in [6.07, 6.45) is 1.79. The van der Waals surface area contributed by atoms with Gasteiger partial charge in [-0.15, -0.1) is 6.58 Å². The molecule has 13 nitrogen and oxygen atoms in total. The number of primary amides is 1. The summed E-state index contributed by atoms with van der Waals surface area (Å²) in [4.78, 5) is 57.8. The zero-order valence-corrected chi connectivity index (χ0v) is 26.6. The van der Waals surface area contributed by atoms with Gasteiger partial charge in [-0.2, -0.15) is 0 Å². The highest BCUT2D eigenvalue weighted by molar-refractivity contribution is 6.24. The van der Waals surface area contributed by atoms with Crippen LogP contribution >= 0.6 is 0 Å². The Morgan fingerprint density at radius 3 is 2.26 bits per heavy atom. The van der Waals surface area contributed by atoms with Gasteiger partial charge in [0.15, 0.2) is 11.4 Å². The van der Waals surface area contributed by atoms with Crippen LogP contribution < -0.4 is 20.9 Å². The van der Waals surface area contributed by atoms with Gasteiger partial charge in [0.25, 0.3) is 5.91 Å². The highest BCUT2D eigenvalue weighted by Crippen LogP contribution is 2.53. The number of anilines is 3. The largest absolute Gasteiger partial charge is 0.508 e. The summed E-state index contributed by atoms with van der Waals surface area (Å²) in [6, 6.07) is 9.55. The SMILES string of the molecule is C=CCN(CC(=O)Nc1ccc2c(c1O)C(O)=C1C(=O)[C@]3(O)C(O)=C(C(N)=O)C(=O)[C@@H](N(C)C)C3CC1C2)c1ccc(N(C)C)cc1. The molecule has 47 heavy (non-hydrogen) atoms. The number of likely N-dealkylation sites (N-methyl/N-ethyl adjacent to an activating group) is 1. The van der Waals surface area contributed by atoms with E-state index < -0.39 is 69.7 Å². The molecule has 2 amide bonds. The number of nitrogens with two attached hydrogens (primary N) is 1. The smallest absolute Gasteiger partial charge is 0.255 e. The third kappa shape index (κ3) is 5.40. The monoisotopic (exact) mass is 645 g/mol. The van der Waals surface area contributed by atoms with Gasteiger partial charge >= 0.3 is 0 Å². The lowest BCUT2D eigenvalue weighted by Gasteiger charge is -2.50. The third-order valence-electron chi connectivity index (χ3n) is 9.28. The lowest BCUT2D eigenvalue weighted by Crippen LogP contribution is -2.65. The van der Waals surface area contributed by atoms with Gasteiger partial charge < -0.3 is 41.3 Å². The highest BCUT2D eigenvalue weighted by Gasteiger charge is 2.64. The third-order valence-corrected chi connectivity index (χ3v) is 9.28. The van der Waals surface area contributed by atoms with Gasteiger partial charge in [0.1, 0.15) is 22.8 Å². The summed E-state index contributed by atoms with van der Waals surface area (Å²) < 4.78 is 0. The van der Waals surface area contributed by atoms with Crippen LogP contribution in [0, 0.1) is 11.8 Å². The van der Waals surface area contributed by atoms with E-state index in [1.165, 1.54) is 11.0 Å². The lowest BCUT2D eigenvalue weighted by molar-refractivity contribution is -0.153. The molecule has 13 heteroatoms. The molecule has 0 spiro atoms. The van der Waals surface area contributed by atoms with Gasteiger partial charge in [-0.05, 0) is 68.8 Å². The first kappa shape index (κ1) is 33.2. The number of amides is 2. The number of phenols is 1. The standard InChI is InChI=1S/C34H39N5O8/c1-6-13-39(20-10-8-19(9-11-20)37(2)3)16-23(40)36-22-12-7-17-14-18-15-21-27(38(4)5)30(43)26(33(35)46)32(45)34(21,47)31(44)25(18)29(42)24(17)28(22)41/h6-12,18,21,27,41-42,45,47H,1,13-16H2,2-5H3,(H2,35,46)(H,36,40)/t18?,21?,27-,34-/m0/s1. The number of aliphatic hydroxyl groups excluding tert-OH is 2. The first-order valence-corrected chi connectivity index (χ1v) is 15.1. The highest BCUT2D eigenvalue weighted by atomic mass is 16.3. The topological polar surface area (TPSA) is 197 Å². The van der Waals surface area contributed by atoms with Crippen LogP contribution in [0.3, 0.4) is 0 Å². The molecule has 248 valence electrons. The minimum Gasteiger partial charge on any atom is -0.508 e. The number of aliphatic hydroxyl groups is 3. The number of carbonyl (C=O) groups is 4. The molecule has 7 N–H and O–H groups in total. The number of carbonyl (C=O) groups excluding carboxylic acids is 4. The molecule has 0 saturated heterocycles. The van der Waals surface area contributed by atoms with E-state index in [2.05, 4.69) is 11.9 Å². The number of ketones is 2. The van der Waals surface area contributed by atoms with E-state index in [0.29, 0.717) is 12.1 Å². The molecule has 4 atom stereocenters. The Morgan fingerprint density at radius 2 is 1.68 bits per heavy atom. The summed E-state index contributed by atoms with van der Waals surface area (Å²) in [5, 5.41) is 48.2. The first-order chi connectivity index (χ1) is 22.1. The molecule has 5 rings (SSSR count). The summed E-state index contributed by atoms with van der Waals surface area (Å²) in [5.74, 6) is -7.82. The second-order valence-electron chi connectivity index (χ2n) is 12.6. The first-order valence-electron chi connectivity index (χ1n) is 15.1. The molecule has 3 aliphatic rings. The van der Waals surface area contributed by atoms with Crippen molar-refractivity contribution in [1.82, 2.24) is 4.90 Å². The fourth-order valence-corrected chi connectivity index (χ4v) is 7.06. The number of rotatable bonds is 9. The number of benzene rings is 2. The summed E-state index contributed by atoms with van der Waals surface area (Å²) in [5.41, 5.74) is 3.61. The number of nitrogens with zero attached hydrogens (tertiary/aromatic N) is 3. The molecule has 1 fully saturated rings. The number of hydrogen-bond acceptors (Lipinski definition) is 11. The van der Waals surface area contributed by atoms with E-state index in [1.54, 1.807) is 31.1 Å². The van der Waals surface area contributed by atoms with Gasteiger partial charge in [0.2, 0.25) is 11.7 Å². The molecule has 1 saturated carbocycles. The fraction of sp³-hybridized carbons (Fsp3) is 0.353. The quantitative estimate of drug-likeness (QED) is 0.132. The zero-order valence-electron chi connectivity index (χ0n) is 26.6. The Labute approximate surface area is 271 Å². The van der Waals surface area contributed by atoms with Crippen molar-refractivity contribution in [2.45, 2.75) is 24.5 Å². The zero-order chi connectivity index (χ0) is 34.5. The van der Waals surface area contributed by atoms with Crippen molar-refractivity contribution >= 4 is 46.2 Å². The van der Waals surface area contributed by atoms with Crippen molar-refractivity contribution in [3.63, 3.8) is 0 Å². The maximum absolute atomic E-state index is 14.0. The average Bonchev–Trinajstić information content (AvgIpc) is 3.00. The molecule has 2 aromatic rings. The van der Waals surface area contributed by atoms with E-state index in [9.17, 15) is 39.6 Å². The van der Waals surface area contributed by atoms with Crippen LogP contribution in [0.2, 0.25) is 0 Å². The predicted octanol–water partition coefficient (Wildman–Crippen LogP) is 1.66. The molecule has 0 aliphatic heterocycles. The van der Waals surface area contributed by atoms with Crippen LogP contribution in [0.15, 0.2) is 66.0 Å². The molecule has 3 aliphatic carbocycles. The van der Waals surface area contributed by atoms with Crippen molar-refractivity contribution in [2.24, 2.45) is 17.6 Å². The normalized spacial score (nSPS) is 23.6. The minimum absolute atomic E-state index is 0.0142. The van der Waals surface area contributed by atoms with E-state index in [0.717, 1.165) is 11.4 Å². The van der Waals surface area contributed by atoms with Crippen LogP contribution in [-0.4, -0.2) is 102 Å². The number of nitrogens with one attached hydrogen (secondary N) is 1. The van der Waals surface area contributed by atoms with Crippen LogP contribution in [0.5, 0.6) is 5.75 Å². The van der Waals surface area contributed by atoms with Gasteiger partial charge in [-0.25, -0.2) is 0 Å². The van der Waals surface area contributed by atoms with E-state index in [-0.39, 0.29) is 36.2 Å². The number of phenolic OH excluding ortho intramolecular Hbond substituents is 1. The maximum Gasteiger partial charge on any atom is 0.255 e. The van der Waals surface area contributed by atoms with Crippen LogP contribution in [0.1, 0.15) is 17.5 Å². The number of fused-ring (bicyclic) bond motifs is 3. The Kier molecular flexibility index (Phi) is 8.65. The van der Waals surface area contributed by atoms with Crippen molar-refractivity contribution in [3.8, 4) is 5.75 Å². The molecular weight excluding hydrogens is 606 g/mol. The van der Waals surface area contributed by atoms with Crippen molar-refractivity contribution in [2.75, 3.05) is 56.4 Å². The fourth-order valence-electron chi connectivity index (χ4n) is 7.06. The van der Waals surface area contributed by atoms with E-state index >= 15 is 0 Å².